The van der Waals surface area contributed by atoms with Crippen LogP contribution in [0.15, 0.2) is 30.8 Å². The average molecular weight is 224 g/mol. The zero-order chi connectivity index (χ0) is 11.3. The Bertz CT molecular complexity index is 325. The number of benzene rings is 1. The lowest BCUT2D eigenvalue weighted by atomic mass is 10.0. The molecule has 1 rings (SSSR count). The number of rotatable bonds is 5. The van der Waals surface area contributed by atoms with E-state index in [1.165, 1.54) is 0 Å². The Kier molecular flexibility index (Phi) is 4.88. The topological polar surface area (TPSA) is 40.5 Å². The second-order valence-electron chi connectivity index (χ2n) is 3.40. The van der Waals surface area contributed by atoms with Gasteiger partial charge in [-0.3, -0.25) is 0 Å². The van der Waals surface area contributed by atoms with Crippen molar-refractivity contribution in [3.63, 3.8) is 0 Å². The number of hydrogen-bond donors (Lipinski definition) is 3. The Hall–Kier alpha value is -0.770. The summed E-state index contributed by atoms with van der Waals surface area (Å²) >= 11 is 4.02. The van der Waals surface area contributed by atoms with Crippen molar-refractivity contribution in [1.82, 2.24) is 0 Å². The fourth-order valence-electron chi connectivity index (χ4n) is 1.38. The van der Waals surface area contributed by atoms with Crippen LogP contribution in [-0.2, 0) is 0 Å². The van der Waals surface area contributed by atoms with Crippen molar-refractivity contribution in [2.24, 2.45) is 0 Å². The molecule has 0 fully saturated rings. The lowest BCUT2D eigenvalue weighted by Crippen LogP contribution is -2.18. The summed E-state index contributed by atoms with van der Waals surface area (Å²) in [7, 11) is 0. The maximum atomic E-state index is 9.82. The molecule has 0 radical (unpaired) electrons. The Morgan fingerprint density at radius 2 is 2.13 bits per heavy atom. The van der Waals surface area contributed by atoms with E-state index < -0.39 is 12.2 Å². The maximum Gasteiger partial charge on any atom is 0.105 e. The van der Waals surface area contributed by atoms with Gasteiger partial charge >= 0.3 is 0 Å². The number of thiol groups is 1. The largest absolute Gasteiger partial charge is 0.390 e. The monoisotopic (exact) mass is 224 g/mol. The van der Waals surface area contributed by atoms with Crippen molar-refractivity contribution >= 4 is 18.7 Å². The van der Waals surface area contributed by atoms with Gasteiger partial charge in [0.1, 0.15) is 6.10 Å². The van der Waals surface area contributed by atoms with Crippen LogP contribution in [0.4, 0.5) is 0 Å². The van der Waals surface area contributed by atoms with Gasteiger partial charge in [-0.05, 0) is 29.4 Å². The quantitative estimate of drug-likeness (QED) is 0.670. The van der Waals surface area contributed by atoms with Crippen molar-refractivity contribution < 1.29 is 10.2 Å². The summed E-state index contributed by atoms with van der Waals surface area (Å²) in [4.78, 5) is 0. The average Bonchev–Trinajstić information content (AvgIpc) is 2.28. The minimum Gasteiger partial charge on any atom is -0.390 e. The molecule has 0 heterocycles. The predicted octanol–water partition coefficient (Wildman–Crippen LogP) is 2.04. The van der Waals surface area contributed by atoms with Crippen molar-refractivity contribution in [3.8, 4) is 0 Å². The highest BCUT2D eigenvalue weighted by Gasteiger charge is 2.17. The third-order valence-corrected chi connectivity index (χ3v) is 2.54. The molecule has 82 valence electrons. The molecule has 1 aromatic carbocycles. The predicted molar refractivity (Wildman–Crippen MR) is 66.0 cm³/mol. The van der Waals surface area contributed by atoms with Gasteiger partial charge < -0.3 is 10.2 Å². The molecule has 0 aromatic heterocycles. The van der Waals surface area contributed by atoms with E-state index in [-0.39, 0.29) is 0 Å². The third kappa shape index (κ3) is 3.38. The summed E-state index contributed by atoms with van der Waals surface area (Å²) in [5, 5.41) is 19.4. The summed E-state index contributed by atoms with van der Waals surface area (Å²) < 4.78 is 0. The van der Waals surface area contributed by atoms with Gasteiger partial charge in [-0.25, -0.2) is 0 Å². The molecule has 2 atom stereocenters. The van der Waals surface area contributed by atoms with E-state index in [1.807, 2.05) is 18.2 Å². The van der Waals surface area contributed by atoms with Crippen molar-refractivity contribution in [2.75, 3.05) is 5.75 Å². The van der Waals surface area contributed by atoms with E-state index in [4.69, 9.17) is 0 Å². The Morgan fingerprint density at radius 3 is 2.73 bits per heavy atom. The lowest BCUT2D eigenvalue weighted by molar-refractivity contribution is 0.0172. The first-order valence-corrected chi connectivity index (χ1v) is 5.51. The van der Waals surface area contributed by atoms with Gasteiger partial charge in [-0.1, -0.05) is 30.9 Å². The van der Waals surface area contributed by atoms with Crippen molar-refractivity contribution in [2.45, 2.75) is 18.6 Å². The zero-order valence-corrected chi connectivity index (χ0v) is 9.40. The van der Waals surface area contributed by atoms with Crippen LogP contribution in [0, 0.1) is 0 Å². The Labute approximate surface area is 95.7 Å². The van der Waals surface area contributed by atoms with Crippen molar-refractivity contribution in [1.29, 1.82) is 0 Å². The van der Waals surface area contributed by atoms with E-state index in [9.17, 15) is 10.2 Å². The molecular formula is C12H16O2S. The van der Waals surface area contributed by atoms with Gasteiger partial charge in [0.15, 0.2) is 0 Å². The van der Waals surface area contributed by atoms with Crippen LogP contribution in [0.5, 0.6) is 0 Å². The smallest absolute Gasteiger partial charge is 0.105 e. The Morgan fingerprint density at radius 1 is 1.40 bits per heavy atom. The molecule has 0 aliphatic heterocycles. The van der Waals surface area contributed by atoms with Crippen LogP contribution in [0.3, 0.4) is 0 Å². The Balaban J connectivity index is 2.80. The van der Waals surface area contributed by atoms with Crippen LogP contribution in [0.1, 0.15) is 23.7 Å². The zero-order valence-electron chi connectivity index (χ0n) is 8.50. The normalized spacial score (nSPS) is 14.6. The molecule has 0 amide bonds. The molecule has 2 nitrogen and oxygen atoms in total. The minimum atomic E-state index is -0.850. The van der Waals surface area contributed by atoms with Gasteiger partial charge in [0.2, 0.25) is 0 Å². The lowest BCUT2D eigenvalue weighted by Gasteiger charge is -2.17. The summed E-state index contributed by atoms with van der Waals surface area (Å²) in [5.74, 6) is 0.555. The van der Waals surface area contributed by atoms with Crippen LogP contribution < -0.4 is 0 Å². The van der Waals surface area contributed by atoms with Gasteiger partial charge in [-0.15, -0.1) is 0 Å². The van der Waals surface area contributed by atoms with Gasteiger partial charge in [0.25, 0.3) is 0 Å². The molecule has 2 N–H and O–H groups in total. The maximum absolute atomic E-state index is 9.82. The molecule has 0 spiro atoms. The highest BCUT2D eigenvalue weighted by atomic mass is 32.1. The van der Waals surface area contributed by atoms with Gasteiger partial charge in [0.05, 0.1) is 6.10 Å². The number of aliphatic hydroxyl groups excluding tert-OH is 2. The second kappa shape index (κ2) is 5.95. The first-order chi connectivity index (χ1) is 7.19. The number of aliphatic hydroxyl groups is 2. The van der Waals surface area contributed by atoms with E-state index in [2.05, 4.69) is 19.2 Å². The molecular weight excluding hydrogens is 208 g/mol. The molecule has 0 saturated carbocycles. The number of hydrogen-bond acceptors (Lipinski definition) is 3. The molecule has 0 aliphatic carbocycles. The standard InChI is InChI=1S/C12H16O2S/c1-2-9-4-3-5-10(8-9)12(14)11(13)6-7-15/h2-5,8,11-15H,1,6-7H2. The van der Waals surface area contributed by atoms with Crippen LogP contribution in [-0.4, -0.2) is 22.1 Å². The summed E-state index contributed by atoms with van der Waals surface area (Å²) in [6.07, 6.45) is 0.573. The molecule has 0 bridgehead atoms. The van der Waals surface area contributed by atoms with Gasteiger partial charge in [0, 0.05) is 0 Å². The van der Waals surface area contributed by atoms with E-state index >= 15 is 0 Å². The fourth-order valence-corrected chi connectivity index (χ4v) is 1.65. The SMILES string of the molecule is C=Cc1cccc(C(O)C(O)CCS)c1. The first kappa shape index (κ1) is 12.3. The molecule has 0 aliphatic rings. The van der Waals surface area contributed by atoms with Crippen molar-refractivity contribution in [3.05, 3.63) is 42.0 Å². The van der Waals surface area contributed by atoms with E-state index in [0.29, 0.717) is 17.7 Å². The third-order valence-electron chi connectivity index (χ3n) is 2.28. The minimum absolute atomic E-state index is 0.475. The summed E-state index contributed by atoms with van der Waals surface area (Å²) in [6.45, 7) is 3.66. The highest BCUT2D eigenvalue weighted by Crippen LogP contribution is 2.20. The summed E-state index contributed by atoms with van der Waals surface area (Å²) in [6, 6.07) is 7.34. The molecule has 0 saturated heterocycles. The molecule has 3 heteroatoms. The van der Waals surface area contributed by atoms with Crippen LogP contribution in [0.25, 0.3) is 6.08 Å². The van der Waals surface area contributed by atoms with Gasteiger partial charge in [-0.2, -0.15) is 12.6 Å². The molecule has 15 heavy (non-hydrogen) atoms. The molecule has 2 unspecified atom stereocenters. The fraction of sp³-hybridized carbons (Fsp3) is 0.333. The summed E-state index contributed by atoms with van der Waals surface area (Å²) in [5.41, 5.74) is 1.64. The highest BCUT2D eigenvalue weighted by molar-refractivity contribution is 7.80. The van der Waals surface area contributed by atoms with Crippen LogP contribution in [0.2, 0.25) is 0 Å². The van der Waals surface area contributed by atoms with E-state index in [0.717, 1.165) is 5.56 Å². The van der Waals surface area contributed by atoms with E-state index in [1.54, 1.807) is 12.1 Å². The first-order valence-electron chi connectivity index (χ1n) is 4.88. The second-order valence-corrected chi connectivity index (χ2v) is 3.85. The molecule has 1 aromatic rings. The van der Waals surface area contributed by atoms with Crippen LogP contribution >= 0.6 is 12.6 Å².